The summed E-state index contributed by atoms with van der Waals surface area (Å²) in [5.74, 6) is 0.894. The van der Waals surface area contributed by atoms with Gasteiger partial charge in [-0.2, -0.15) is 0 Å². The Morgan fingerprint density at radius 2 is 2.00 bits per heavy atom. The molecule has 1 aliphatic rings. The van der Waals surface area contributed by atoms with Gasteiger partial charge >= 0.3 is 0 Å². The Balaban J connectivity index is 1.61. The average Bonchev–Trinajstić information content (AvgIpc) is 3.04. The lowest BCUT2D eigenvalue weighted by Gasteiger charge is -2.26. The number of ether oxygens (including phenoxy) is 2. The van der Waals surface area contributed by atoms with Gasteiger partial charge in [-0.3, -0.25) is 4.90 Å². The van der Waals surface area contributed by atoms with E-state index in [4.69, 9.17) is 9.47 Å². The number of hydrogen-bond donors (Lipinski definition) is 0. The fourth-order valence-corrected chi connectivity index (χ4v) is 2.94. The van der Waals surface area contributed by atoms with Crippen LogP contribution in [0, 0.1) is 0 Å². The van der Waals surface area contributed by atoms with Crippen molar-refractivity contribution in [2.75, 3.05) is 40.0 Å². The van der Waals surface area contributed by atoms with E-state index in [1.54, 1.807) is 7.11 Å². The highest BCUT2D eigenvalue weighted by molar-refractivity contribution is 5.41. The zero-order chi connectivity index (χ0) is 15.2. The molecule has 1 aromatic heterocycles. The third-order valence-corrected chi connectivity index (χ3v) is 4.18. The van der Waals surface area contributed by atoms with E-state index < -0.39 is 0 Å². The highest BCUT2D eigenvalue weighted by Gasteiger charge is 2.10. The molecule has 0 saturated carbocycles. The number of hydrogen-bond acceptors (Lipinski definition) is 3. The van der Waals surface area contributed by atoms with Crippen molar-refractivity contribution in [3.05, 3.63) is 48.3 Å². The van der Waals surface area contributed by atoms with E-state index in [0.29, 0.717) is 0 Å². The quantitative estimate of drug-likeness (QED) is 0.820. The first kappa shape index (κ1) is 15.1. The van der Waals surface area contributed by atoms with E-state index in [0.717, 1.165) is 50.7 Å². The van der Waals surface area contributed by atoms with Crippen LogP contribution in [-0.2, 0) is 11.2 Å². The van der Waals surface area contributed by atoms with Crippen molar-refractivity contribution in [3.8, 4) is 11.4 Å². The van der Waals surface area contributed by atoms with Crippen LogP contribution in [0.1, 0.15) is 12.1 Å². The fourth-order valence-electron chi connectivity index (χ4n) is 2.94. The minimum absolute atomic E-state index is 0.875. The van der Waals surface area contributed by atoms with E-state index in [9.17, 15) is 0 Å². The third kappa shape index (κ3) is 3.70. The van der Waals surface area contributed by atoms with Gasteiger partial charge in [-0.05, 0) is 43.7 Å². The monoisotopic (exact) mass is 300 g/mol. The summed E-state index contributed by atoms with van der Waals surface area (Å²) in [4.78, 5) is 2.49. The zero-order valence-corrected chi connectivity index (χ0v) is 13.2. The van der Waals surface area contributed by atoms with E-state index in [1.165, 1.54) is 12.1 Å². The lowest BCUT2D eigenvalue weighted by Crippen LogP contribution is -2.37. The number of aromatic nitrogens is 1. The largest absolute Gasteiger partial charge is 0.497 e. The van der Waals surface area contributed by atoms with E-state index in [1.807, 2.05) is 12.1 Å². The molecular formula is C18H24N2O2. The molecule has 2 heterocycles. The van der Waals surface area contributed by atoms with Gasteiger partial charge in [0.25, 0.3) is 0 Å². The number of morpholine rings is 1. The Kier molecular flexibility index (Phi) is 5.14. The second-order valence-corrected chi connectivity index (χ2v) is 5.63. The molecule has 4 heteroatoms. The van der Waals surface area contributed by atoms with Crippen molar-refractivity contribution in [3.63, 3.8) is 0 Å². The molecule has 0 aliphatic carbocycles. The van der Waals surface area contributed by atoms with Crippen LogP contribution in [0.25, 0.3) is 5.69 Å². The predicted octanol–water partition coefficient (Wildman–Crippen LogP) is 2.75. The number of aryl methyl sites for hydroxylation is 1. The molecule has 118 valence electrons. The number of methoxy groups -OCH3 is 1. The standard InChI is InChI=1S/C18H24N2O2/c1-21-18-8-2-5-17(15-18)20-10-4-7-16(20)6-3-9-19-11-13-22-14-12-19/h2,4-5,7-8,10,15H,3,6,9,11-14H2,1H3. The van der Waals surface area contributed by atoms with Gasteiger partial charge in [0.05, 0.1) is 20.3 Å². The van der Waals surface area contributed by atoms with Crippen LogP contribution in [0.15, 0.2) is 42.6 Å². The van der Waals surface area contributed by atoms with Gasteiger partial charge in [0.1, 0.15) is 5.75 Å². The molecule has 22 heavy (non-hydrogen) atoms. The van der Waals surface area contributed by atoms with Crippen LogP contribution < -0.4 is 4.74 Å². The summed E-state index contributed by atoms with van der Waals surface area (Å²) in [5, 5.41) is 0. The van der Waals surface area contributed by atoms with E-state index in [2.05, 4.69) is 39.9 Å². The molecule has 2 aromatic rings. The Hall–Kier alpha value is -1.78. The Labute approximate surface area is 132 Å². The van der Waals surface area contributed by atoms with Crippen LogP contribution in [-0.4, -0.2) is 49.4 Å². The van der Waals surface area contributed by atoms with Crippen molar-refractivity contribution in [1.29, 1.82) is 0 Å². The van der Waals surface area contributed by atoms with Gasteiger partial charge in [0, 0.05) is 36.7 Å². The maximum atomic E-state index is 5.39. The fraction of sp³-hybridized carbons (Fsp3) is 0.444. The smallest absolute Gasteiger partial charge is 0.120 e. The molecule has 3 rings (SSSR count). The highest BCUT2D eigenvalue weighted by Crippen LogP contribution is 2.19. The van der Waals surface area contributed by atoms with Gasteiger partial charge in [-0.25, -0.2) is 0 Å². The molecule has 1 aromatic carbocycles. The molecule has 0 spiro atoms. The van der Waals surface area contributed by atoms with Crippen LogP contribution >= 0.6 is 0 Å². The molecule has 0 amide bonds. The lowest BCUT2D eigenvalue weighted by atomic mass is 10.2. The van der Waals surface area contributed by atoms with Crippen LogP contribution in [0.4, 0.5) is 0 Å². The first-order valence-electron chi connectivity index (χ1n) is 7.97. The summed E-state index contributed by atoms with van der Waals surface area (Å²) in [7, 11) is 1.71. The molecule has 1 saturated heterocycles. The minimum Gasteiger partial charge on any atom is -0.497 e. The molecule has 0 atom stereocenters. The molecule has 0 radical (unpaired) electrons. The normalized spacial score (nSPS) is 15.9. The number of nitrogens with zero attached hydrogens (tertiary/aromatic N) is 2. The van der Waals surface area contributed by atoms with Gasteiger partial charge in [0.15, 0.2) is 0 Å². The van der Waals surface area contributed by atoms with Gasteiger partial charge in [-0.1, -0.05) is 6.07 Å². The Morgan fingerprint density at radius 1 is 1.14 bits per heavy atom. The van der Waals surface area contributed by atoms with Crippen LogP contribution in [0.2, 0.25) is 0 Å². The minimum atomic E-state index is 0.875. The van der Waals surface area contributed by atoms with Crippen molar-refractivity contribution in [2.24, 2.45) is 0 Å². The summed E-state index contributed by atoms with van der Waals surface area (Å²) >= 11 is 0. The van der Waals surface area contributed by atoms with Crippen LogP contribution in [0.3, 0.4) is 0 Å². The summed E-state index contributed by atoms with van der Waals surface area (Å²) in [5.41, 5.74) is 2.51. The Bertz CT molecular complexity index is 588. The van der Waals surface area contributed by atoms with Crippen LogP contribution in [0.5, 0.6) is 5.75 Å². The van der Waals surface area contributed by atoms with Gasteiger partial charge in [-0.15, -0.1) is 0 Å². The first-order valence-corrected chi connectivity index (χ1v) is 7.97. The molecule has 4 nitrogen and oxygen atoms in total. The van der Waals surface area contributed by atoms with E-state index in [-0.39, 0.29) is 0 Å². The Morgan fingerprint density at radius 3 is 2.82 bits per heavy atom. The number of benzene rings is 1. The molecule has 0 N–H and O–H groups in total. The van der Waals surface area contributed by atoms with Crippen molar-refractivity contribution < 1.29 is 9.47 Å². The summed E-state index contributed by atoms with van der Waals surface area (Å²) < 4.78 is 13.0. The molecule has 0 bridgehead atoms. The SMILES string of the molecule is COc1cccc(-n2cccc2CCCN2CCOCC2)c1. The van der Waals surface area contributed by atoms with Crippen molar-refractivity contribution in [1.82, 2.24) is 9.47 Å². The second-order valence-electron chi connectivity index (χ2n) is 5.63. The van der Waals surface area contributed by atoms with Crippen molar-refractivity contribution in [2.45, 2.75) is 12.8 Å². The van der Waals surface area contributed by atoms with E-state index >= 15 is 0 Å². The zero-order valence-electron chi connectivity index (χ0n) is 13.2. The predicted molar refractivity (Wildman–Crippen MR) is 87.9 cm³/mol. The number of rotatable bonds is 6. The summed E-state index contributed by atoms with van der Waals surface area (Å²) in [6, 6.07) is 12.5. The molecular weight excluding hydrogens is 276 g/mol. The first-order chi connectivity index (χ1) is 10.9. The topological polar surface area (TPSA) is 26.6 Å². The lowest BCUT2D eigenvalue weighted by molar-refractivity contribution is 0.0374. The average molecular weight is 300 g/mol. The van der Waals surface area contributed by atoms with Gasteiger partial charge < -0.3 is 14.0 Å². The maximum absolute atomic E-state index is 5.39. The summed E-state index contributed by atoms with van der Waals surface area (Å²) in [6.45, 7) is 5.03. The maximum Gasteiger partial charge on any atom is 0.120 e. The highest BCUT2D eigenvalue weighted by atomic mass is 16.5. The third-order valence-electron chi connectivity index (χ3n) is 4.18. The molecule has 1 aliphatic heterocycles. The van der Waals surface area contributed by atoms with Gasteiger partial charge in [0.2, 0.25) is 0 Å². The molecule has 1 fully saturated rings. The molecule has 0 unspecified atom stereocenters. The second kappa shape index (κ2) is 7.47. The summed E-state index contributed by atoms with van der Waals surface area (Å²) in [6.07, 6.45) is 4.38. The van der Waals surface area contributed by atoms with Crippen molar-refractivity contribution >= 4 is 0 Å².